The molecule has 0 saturated heterocycles. The summed E-state index contributed by atoms with van der Waals surface area (Å²) in [7, 11) is 3.41. The molecule has 1 N–H and O–H groups in total. The van der Waals surface area contributed by atoms with Crippen molar-refractivity contribution in [1.29, 1.82) is 0 Å². The zero-order valence-electron chi connectivity index (χ0n) is 11.1. The highest BCUT2D eigenvalue weighted by molar-refractivity contribution is 9.10. The molecule has 20 heavy (non-hydrogen) atoms. The molecule has 0 aliphatic rings. The van der Waals surface area contributed by atoms with E-state index in [1.165, 1.54) is 12.1 Å². The lowest BCUT2D eigenvalue weighted by atomic mass is 9.98. The second-order valence-corrected chi connectivity index (χ2v) is 5.66. The lowest BCUT2D eigenvalue weighted by molar-refractivity contribution is 0.405. The molecule has 0 radical (unpaired) electrons. The van der Waals surface area contributed by atoms with Crippen LogP contribution in [-0.2, 0) is 0 Å². The Morgan fingerprint density at radius 3 is 2.60 bits per heavy atom. The molecule has 0 aromatic heterocycles. The van der Waals surface area contributed by atoms with Crippen molar-refractivity contribution in [2.75, 3.05) is 14.2 Å². The minimum absolute atomic E-state index is 0.212. The van der Waals surface area contributed by atoms with Gasteiger partial charge in [-0.1, -0.05) is 27.5 Å². The summed E-state index contributed by atoms with van der Waals surface area (Å²) in [5.41, 5.74) is 1.65. The Labute approximate surface area is 131 Å². The largest absolute Gasteiger partial charge is 0.496 e. The molecule has 0 fully saturated rings. The second kappa shape index (κ2) is 6.57. The third-order valence-electron chi connectivity index (χ3n) is 3.01. The molecule has 2 rings (SSSR count). The van der Waals surface area contributed by atoms with Gasteiger partial charge in [0.25, 0.3) is 0 Å². The van der Waals surface area contributed by atoms with E-state index in [4.69, 9.17) is 16.3 Å². The highest BCUT2D eigenvalue weighted by Gasteiger charge is 2.18. The average Bonchev–Trinajstić information content (AvgIpc) is 2.39. The number of methoxy groups -OCH3 is 1. The molecule has 1 atom stereocenters. The maximum atomic E-state index is 13.6. The summed E-state index contributed by atoms with van der Waals surface area (Å²) in [6.45, 7) is 0. The van der Waals surface area contributed by atoms with Gasteiger partial charge in [-0.3, -0.25) is 0 Å². The van der Waals surface area contributed by atoms with Crippen molar-refractivity contribution in [3.63, 3.8) is 0 Å². The predicted octanol–water partition coefficient (Wildman–Crippen LogP) is 4.56. The Bertz CT molecular complexity index is 601. The van der Waals surface area contributed by atoms with Crippen LogP contribution in [0.25, 0.3) is 0 Å². The fraction of sp³-hybridized carbons (Fsp3) is 0.200. The van der Waals surface area contributed by atoms with E-state index >= 15 is 0 Å². The number of ether oxygens (including phenoxy) is 1. The summed E-state index contributed by atoms with van der Waals surface area (Å²) in [4.78, 5) is 0. The van der Waals surface area contributed by atoms with Crippen molar-refractivity contribution in [1.82, 2.24) is 5.32 Å². The van der Waals surface area contributed by atoms with Gasteiger partial charge >= 0.3 is 0 Å². The van der Waals surface area contributed by atoms with E-state index in [1.54, 1.807) is 19.2 Å². The highest BCUT2D eigenvalue weighted by Crippen LogP contribution is 2.33. The van der Waals surface area contributed by atoms with Crippen LogP contribution in [0, 0.1) is 5.82 Å². The molecule has 0 aliphatic heterocycles. The lowest BCUT2D eigenvalue weighted by Crippen LogP contribution is -2.18. The van der Waals surface area contributed by atoms with E-state index in [9.17, 15) is 4.39 Å². The minimum atomic E-state index is -0.296. The third kappa shape index (κ3) is 3.32. The molecule has 2 nitrogen and oxygen atoms in total. The zero-order valence-corrected chi connectivity index (χ0v) is 13.4. The lowest BCUT2D eigenvalue weighted by Gasteiger charge is -2.20. The van der Waals surface area contributed by atoms with Crippen molar-refractivity contribution in [3.05, 3.63) is 62.8 Å². The molecule has 1 unspecified atom stereocenters. The first-order valence-electron chi connectivity index (χ1n) is 6.02. The molecule has 0 spiro atoms. The van der Waals surface area contributed by atoms with Gasteiger partial charge in [0.05, 0.1) is 13.2 Å². The first kappa shape index (κ1) is 15.3. The first-order valence-corrected chi connectivity index (χ1v) is 7.19. The second-order valence-electron chi connectivity index (χ2n) is 4.31. The normalized spacial score (nSPS) is 12.2. The fourth-order valence-electron chi connectivity index (χ4n) is 2.17. The number of halogens is 3. The van der Waals surface area contributed by atoms with E-state index in [0.717, 1.165) is 11.1 Å². The van der Waals surface area contributed by atoms with Gasteiger partial charge in [0, 0.05) is 15.1 Å². The number of benzene rings is 2. The zero-order chi connectivity index (χ0) is 14.7. The maximum absolute atomic E-state index is 13.6. The number of hydrogen-bond acceptors (Lipinski definition) is 2. The van der Waals surface area contributed by atoms with E-state index in [1.807, 2.05) is 19.2 Å². The van der Waals surface area contributed by atoms with Crippen molar-refractivity contribution in [3.8, 4) is 5.75 Å². The Kier molecular flexibility index (Phi) is 5.02. The molecule has 5 heteroatoms. The van der Waals surface area contributed by atoms with E-state index in [0.29, 0.717) is 15.2 Å². The van der Waals surface area contributed by atoms with Crippen LogP contribution >= 0.6 is 27.5 Å². The van der Waals surface area contributed by atoms with Gasteiger partial charge in [-0.25, -0.2) is 4.39 Å². The van der Waals surface area contributed by atoms with Gasteiger partial charge in [-0.15, -0.1) is 0 Å². The summed E-state index contributed by atoms with van der Waals surface area (Å²) < 4.78 is 19.6. The Morgan fingerprint density at radius 2 is 2.00 bits per heavy atom. The van der Waals surface area contributed by atoms with Gasteiger partial charge in [0.1, 0.15) is 11.6 Å². The monoisotopic (exact) mass is 357 g/mol. The summed E-state index contributed by atoms with van der Waals surface area (Å²) in [6, 6.07) is 9.95. The van der Waals surface area contributed by atoms with Crippen LogP contribution in [0.2, 0.25) is 5.02 Å². The Morgan fingerprint density at radius 1 is 1.25 bits per heavy atom. The van der Waals surface area contributed by atoms with Crippen molar-refractivity contribution in [2.24, 2.45) is 0 Å². The van der Waals surface area contributed by atoms with E-state index < -0.39 is 0 Å². The molecule has 0 amide bonds. The Hall–Kier alpha value is -1.10. The number of hydrogen-bond donors (Lipinski definition) is 1. The topological polar surface area (TPSA) is 21.3 Å². The van der Waals surface area contributed by atoms with Gasteiger partial charge in [0.2, 0.25) is 0 Å². The van der Waals surface area contributed by atoms with Crippen molar-refractivity contribution >= 4 is 27.5 Å². The summed E-state index contributed by atoms with van der Waals surface area (Å²) >= 11 is 9.37. The molecular formula is C15H14BrClFNO. The maximum Gasteiger partial charge on any atom is 0.124 e. The number of rotatable bonds is 4. The Balaban J connectivity index is 2.54. The summed E-state index contributed by atoms with van der Waals surface area (Å²) in [5, 5.41) is 3.77. The molecule has 0 bridgehead atoms. The van der Waals surface area contributed by atoms with E-state index in [-0.39, 0.29) is 11.9 Å². The van der Waals surface area contributed by atoms with Gasteiger partial charge in [-0.05, 0) is 49.0 Å². The SMILES string of the molecule is CNC(c1cc(F)cc(Br)c1)c1cc(Cl)ccc1OC. The molecule has 0 saturated carbocycles. The van der Waals surface area contributed by atoms with Gasteiger partial charge in [0.15, 0.2) is 0 Å². The highest BCUT2D eigenvalue weighted by atomic mass is 79.9. The minimum Gasteiger partial charge on any atom is -0.496 e. The third-order valence-corrected chi connectivity index (χ3v) is 3.70. The number of nitrogens with one attached hydrogen (secondary N) is 1. The summed E-state index contributed by atoms with van der Waals surface area (Å²) in [6.07, 6.45) is 0. The van der Waals surface area contributed by atoms with Crippen molar-refractivity contribution in [2.45, 2.75) is 6.04 Å². The van der Waals surface area contributed by atoms with Crippen LogP contribution < -0.4 is 10.1 Å². The van der Waals surface area contributed by atoms with Crippen LogP contribution in [0.3, 0.4) is 0 Å². The smallest absolute Gasteiger partial charge is 0.124 e. The van der Waals surface area contributed by atoms with Gasteiger partial charge in [-0.2, -0.15) is 0 Å². The van der Waals surface area contributed by atoms with Gasteiger partial charge < -0.3 is 10.1 Å². The molecule has 0 aliphatic carbocycles. The van der Waals surface area contributed by atoms with Crippen LogP contribution in [-0.4, -0.2) is 14.2 Å². The molecule has 106 valence electrons. The first-order chi connectivity index (χ1) is 9.55. The average molecular weight is 359 g/mol. The standard InChI is InChI=1S/C15H14BrClFNO/c1-19-15(9-5-10(16)7-12(18)6-9)13-8-11(17)3-4-14(13)20-2/h3-8,15,19H,1-2H3. The summed E-state index contributed by atoms with van der Waals surface area (Å²) in [5.74, 6) is 0.407. The quantitative estimate of drug-likeness (QED) is 0.865. The van der Waals surface area contributed by atoms with Crippen LogP contribution in [0.5, 0.6) is 5.75 Å². The molecular weight excluding hydrogens is 345 g/mol. The molecule has 2 aromatic rings. The van der Waals surface area contributed by atoms with E-state index in [2.05, 4.69) is 21.2 Å². The molecule has 0 heterocycles. The molecule has 2 aromatic carbocycles. The fourth-order valence-corrected chi connectivity index (χ4v) is 2.84. The van der Waals surface area contributed by atoms with Crippen molar-refractivity contribution < 1.29 is 9.13 Å². The predicted molar refractivity (Wildman–Crippen MR) is 83.0 cm³/mol. The van der Waals surface area contributed by atoms with Crippen LogP contribution in [0.1, 0.15) is 17.2 Å². The van der Waals surface area contributed by atoms with Crippen LogP contribution in [0.4, 0.5) is 4.39 Å². The van der Waals surface area contributed by atoms with Crippen LogP contribution in [0.15, 0.2) is 40.9 Å².